The Morgan fingerprint density at radius 1 is 1.30 bits per heavy atom. The van der Waals surface area contributed by atoms with Gasteiger partial charge in [-0.05, 0) is 52.2 Å². The van der Waals surface area contributed by atoms with Crippen molar-refractivity contribution in [1.82, 2.24) is 10.2 Å². The van der Waals surface area contributed by atoms with Crippen LogP contribution in [0.25, 0.3) is 0 Å². The molecule has 0 saturated carbocycles. The van der Waals surface area contributed by atoms with Crippen LogP contribution in [-0.4, -0.2) is 38.1 Å². The number of ether oxygens (including phenoxy) is 2. The SMILES string of the molecule is CCN1CCc2c(sc3c2C(=O)NC(c2cc(Br)c(OC)c(OC)c2)N3)C1. The molecule has 0 spiro atoms. The van der Waals surface area contributed by atoms with Gasteiger partial charge in [0.05, 0.1) is 24.3 Å². The molecule has 0 fully saturated rings. The number of likely N-dealkylation sites (N-methyl/N-ethyl adjacent to an activating group) is 1. The van der Waals surface area contributed by atoms with Crippen LogP contribution in [0.4, 0.5) is 5.00 Å². The highest BCUT2D eigenvalue weighted by molar-refractivity contribution is 9.10. The number of anilines is 1. The predicted octanol–water partition coefficient (Wildman–Crippen LogP) is 3.76. The van der Waals surface area contributed by atoms with Crippen LogP contribution in [0.1, 0.15) is 39.5 Å². The number of hydrogen-bond donors (Lipinski definition) is 2. The van der Waals surface area contributed by atoms with Crippen LogP contribution < -0.4 is 20.1 Å². The molecule has 0 aliphatic carbocycles. The average Bonchev–Trinajstić information content (AvgIpc) is 3.04. The first kappa shape index (κ1) is 18.6. The van der Waals surface area contributed by atoms with Crippen molar-refractivity contribution < 1.29 is 14.3 Å². The van der Waals surface area contributed by atoms with Gasteiger partial charge in [-0.1, -0.05) is 6.92 Å². The highest BCUT2D eigenvalue weighted by Gasteiger charge is 2.33. The minimum atomic E-state index is -0.316. The lowest BCUT2D eigenvalue weighted by Gasteiger charge is -2.28. The number of benzene rings is 1. The Labute approximate surface area is 171 Å². The first-order chi connectivity index (χ1) is 13.0. The minimum absolute atomic E-state index is 0.0119. The van der Waals surface area contributed by atoms with Crippen LogP contribution in [0.15, 0.2) is 16.6 Å². The number of amides is 1. The van der Waals surface area contributed by atoms with Gasteiger partial charge in [0, 0.05) is 18.0 Å². The monoisotopic (exact) mass is 451 g/mol. The summed E-state index contributed by atoms with van der Waals surface area (Å²) in [5, 5.41) is 7.55. The zero-order chi connectivity index (χ0) is 19.1. The molecular weight excluding hydrogens is 430 g/mol. The normalized spacial score (nSPS) is 19.0. The summed E-state index contributed by atoms with van der Waals surface area (Å²) >= 11 is 5.22. The summed E-state index contributed by atoms with van der Waals surface area (Å²) in [5.74, 6) is 1.24. The topological polar surface area (TPSA) is 62.8 Å². The predicted molar refractivity (Wildman–Crippen MR) is 110 cm³/mol. The number of fused-ring (bicyclic) bond motifs is 3. The largest absolute Gasteiger partial charge is 0.493 e. The molecule has 144 valence electrons. The van der Waals surface area contributed by atoms with Gasteiger partial charge in [-0.2, -0.15) is 0 Å². The van der Waals surface area contributed by atoms with E-state index in [4.69, 9.17) is 9.47 Å². The summed E-state index contributed by atoms with van der Waals surface area (Å²) in [5.41, 5.74) is 2.93. The highest BCUT2D eigenvalue weighted by atomic mass is 79.9. The number of nitrogens with zero attached hydrogens (tertiary/aromatic N) is 1. The summed E-state index contributed by atoms with van der Waals surface area (Å²) < 4.78 is 11.6. The molecule has 1 aromatic carbocycles. The van der Waals surface area contributed by atoms with Gasteiger partial charge >= 0.3 is 0 Å². The standard InChI is InChI=1S/C19H22BrN3O3S/c1-4-23-6-5-11-14(9-23)27-19-15(11)18(24)21-17(22-19)10-7-12(20)16(26-3)13(8-10)25-2/h7-8,17,22H,4-6,9H2,1-3H3,(H,21,24). The fourth-order valence-corrected chi connectivity index (χ4v) is 5.65. The molecule has 1 amide bonds. The zero-order valence-electron chi connectivity index (χ0n) is 15.5. The molecule has 4 rings (SSSR count). The number of carbonyl (C=O) groups is 1. The van der Waals surface area contributed by atoms with E-state index in [1.165, 1.54) is 10.4 Å². The molecule has 2 aliphatic rings. The van der Waals surface area contributed by atoms with E-state index in [-0.39, 0.29) is 12.1 Å². The van der Waals surface area contributed by atoms with Crippen molar-refractivity contribution in [1.29, 1.82) is 0 Å². The third kappa shape index (κ3) is 3.19. The van der Waals surface area contributed by atoms with Crippen LogP contribution in [0.5, 0.6) is 11.5 Å². The van der Waals surface area contributed by atoms with E-state index in [2.05, 4.69) is 38.4 Å². The second kappa shape index (κ2) is 7.33. The van der Waals surface area contributed by atoms with Gasteiger partial charge in [-0.3, -0.25) is 9.69 Å². The van der Waals surface area contributed by atoms with Crippen LogP contribution >= 0.6 is 27.3 Å². The molecule has 0 saturated heterocycles. The molecule has 1 aromatic heterocycles. The Balaban J connectivity index is 1.68. The number of rotatable bonds is 4. The number of nitrogens with one attached hydrogen (secondary N) is 2. The maximum Gasteiger partial charge on any atom is 0.256 e. The van der Waals surface area contributed by atoms with E-state index in [0.717, 1.165) is 46.7 Å². The zero-order valence-corrected chi connectivity index (χ0v) is 17.9. The van der Waals surface area contributed by atoms with Crippen molar-refractivity contribution in [3.05, 3.63) is 38.2 Å². The van der Waals surface area contributed by atoms with Gasteiger partial charge in [-0.15, -0.1) is 11.3 Å². The summed E-state index contributed by atoms with van der Waals surface area (Å²) in [6, 6.07) is 3.83. The maximum absolute atomic E-state index is 12.9. The lowest BCUT2D eigenvalue weighted by molar-refractivity contribution is 0.0934. The molecule has 2 aromatic rings. The summed E-state index contributed by atoms with van der Waals surface area (Å²) in [6.07, 6.45) is 0.611. The third-order valence-electron chi connectivity index (χ3n) is 5.15. The lowest BCUT2D eigenvalue weighted by atomic mass is 10.0. The van der Waals surface area contributed by atoms with Crippen molar-refractivity contribution in [2.75, 3.05) is 32.6 Å². The van der Waals surface area contributed by atoms with Crippen molar-refractivity contribution in [2.45, 2.75) is 26.1 Å². The molecule has 8 heteroatoms. The Morgan fingerprint density at radius 3 is 2.81 bits per heavy atom. The average molecular weight is 452 g/mol. The Hall–Kier alpha value is -1.77. The molecule has 0 radical (unpaired) electrons. The number of carbonyl (C=O) groups excluding carboxylic acids is 1. The number of methoxy groups -OCH3 is 2. The van der Waals surface area contributed by atoms with Crippen molar-refractivity contribution in [2.24, 2.45) is 0 Å². The second-order valence-electron chi connectivity index (χ2n) is 6.62. The highest BCUT2D eigenvalue weighted by Crippen LogP contribution is 2.43. The number of hydrogen-bond acceptors (Lipinski definition) is 6. The van der Waals surface area contributed by atoms with Crippen molar-refractivity contribution >= 4 is 38.2 Å². The van der Waals surface area contributed by atoms with E-state index in [0.29, 0.717) is 11.5 Å². The fourth-order valence-electron chi connectivity index (χ4n) is 3.71. The quantitative estimate of drug-likeness (QED) is 0.740. The van der Waals surface area contributed by atoms with E-state index >= 15 is 0 Å². The molecule has 2 N–H and O–H groups in total. The molecular formula is C19H22BrN3O3S. The van der Waals surface area contributed by atoms with Gasteiger partial charge in [0.15, 0.2) is 11.5 Å². The number of halogens is 1. The molecule has 27 heavy (non-hydrogen) atoms. The third-order valence-corrected chi connectivity index (χ3v) is 6.89. The van der Waals surface area contributed by atoms with Gasteiger partial charge in [0.1, 0.15) is 11.2 Å². The smallest absolute Gasteiger partial charge is 0.256 e. The maximum atomic E-state index is 12.9. The first-order valence-corrected chi connectivity index (χ1v) is 10.5. The molecule has 2 aliphatic heterocycles. The summed E-state index contributed by atoms with van der Waals surface area (Å²) in [7, 11) is 3.21. The van der Waals surface area contributed by atoms with Gasteiger partial charge in [-0.25, -0.2) is 0 Å². The Kier molecular flexibility index (Phi) is 5.05. The summed E-state index contributed by atoms with van der Waals surface area (Å²) in [6.45, 7) is 5.13. The van der Waals surface area contributed by atoms with E-state index < -0.39 is 0 Å². The Morgan fingerprint density at radius 2 is 2.11 bits per heavy atom. The minimum Gasteiger partial charge on any atom is -0.493 e. The second-order valence-corrected chi connectivity index (χ2v) is 8.58. The molecule has 0 bridgehead atoms. The molecule has 3 heterocycles. The molecule has 1 atom stereocenters. The van der Waals surface area contributed by atoms with Crippen LogP contribution in [0.2, 0.25) is 0 Å². The van der Waals surface area contributed by atoms with Gasteiger partial charge in [0.2, 0.25) is 0 Å². The summed E-state index contributed by atoms with van der Waals surface area (Å²) in [4.78, 5) is 16.6. The molecule has 6 nitrogen and oxygen atoms in total. The van der Waals surface area contributed by atoms with E-state index in [9.17, 15) is 4.79 Å². The van der Waals surface area contributed by atoms with E-state index in [1.807, 2.05) is 12.1 Å². The van der Waals surface area contributed by atoms with Crippen molar-refractivity contribution in [3.8, 4) is 11.5 Å². The van der Waals surface area contributed by atoms with Crippen LogP contribution in [-0.2, 0) is 13.0 Å². The molecule has 1 unspecified atom stereocenters. The lowest BCUT2D eigenvalue weighted by Crippen LogP contribution is -2.38. The van der Waals surface area contributed by atoms with E-state index in [1.54, 1.807) is 25.6 Å². The number of thiophene rings is 1. The van der Waals surface area contributed by atoms with Crippen LogP contribution in [0, 0.1) is 0 Å². The van der Waals surface area contributed by atoms with Crippen LogP contribution in [0.3, 0.4) is 0 Å². The van der Waals surface area contributed by atoms with Gasteiger partial charge < -0.3 is 20.1 Å². The van der Waals surface area contributed by atoms with Gasteiger partial charge in [0.25, 0.3) is 5.91 Å². The first-order valence-electron chi connectivity index (χ1n) is 8.91. The van der Waals surface area contributed by atoms with Crippen molar-refractivity contribution in [3.63, 3.8) is 0 Å². The Bertz CT molecular complexity index is 899. The fraction of sp³-hybridized carbons (Fsp3) is 0.421.